The number of nitrogens with zero attached hydrogens (tertiary/aromatic N) is 4. The van der Waals surface area contributed by atoms with Crippen LogP contribution in [0.15, 0.2) is 36.5 Å². The van der Waals surface area contributed by atoms with Gasteiger partial charge in [0.25, 0.3) is 5.91 Å². The standard InChI is InChI=1S/C18H18F3N5O2/c1-12(27)25-8-10-26(11-9-25)16(28)15-6-7-22-17(24-15)23-14-5-3-2-4-13(14)18(19,20)21/h2-7H,8-11H2,1H3,(H,22,23,24). The number of halogens is 3. The van der Waals surface area contributed by atoms with E-state index in [9.17, 15) is 22.8 Å². The summed E-state index contributed by atoms with van der Waals surface area (Å²) < 4.78 is 39.4. The van der Waals surface area contributed by atoms with E-state index < -0.39 is 11.7 Å². The third-order valence-corrected chi connectivity index (χ3v) is 4.37. The summed E-state index contributed by atoms with van der Waals surface area (Å²) in [7, 11) is 0. The molecule has 0 radical (unpaired) electrons. The van der Waals surface area contributed by atoms with Crippen molar-refractivity contribution in [2.75, 3.05) is 31.5 Å². The van der Waals surface area contributed by atoms with Crippen LogP contribution < -0.4 is 5.32 Å². The van der Waals surface area contributed by atoms with Crippen LogP contribution in [0.25, 0.3) is 0 Å². The van der Waals surface area contributed by atoms with Crippen molar-refractivity contribution in [3.8, 4) is 0 Å². The number of para-hydroxylation sites is 1. The normalized spacial score (nSPS) is 14.7. The summed E-state index contributed by atoms with van der Waals surface area (Å²) >= 11 is 0. The quantitative estimate of drug-likeness (QED) is 0.867. The maximum Gasteiger partial charge on any atom is 0.418 e. The number of amides is 2. The van der Waals surface area contributed by atoms with Crippen molar-refractivity contribution in [2.24, 2.45) is 0 Å². The van der Waals surface area contributed by atoms with Gasteiger partial charge in [0, 0.05) is 39.3 Å². The number of benzene rings is 1. The summed E-state index contributed by atoms with van der Waals surface area (Å²) in [5, 5.41) is 2.53. The second-order valence-electron chi connectivity index (χ2n) is 6.23. The topological polar surface area (TPSA) is 78.4 Å². The molecule has 2 amide bonds. The summed E-state index contributed by atoms with van der Waals surface area (Å²) in [5.41, 5.74) is -0.983. The van der Waals surface area contributed by atoms with Crippen molar-refractivity contribution >= 4 is 23.5 Å². The van der Waals surface area contributed by atoms with E-state index in [4.69, 9.17) is 0 Å². The number of piperazine rings is 1. The highest BCUT2D eigenvalue weighted by Crippen LogP contribution is 2.35. The molecule has 2 aromatic rings. The number of nitrogens with one attached hydrogen (secondary N) is 1. The third-order valence-electron chi connectivity index (χ3n) is 4.37. The predicted octanol–water partition coefficient (Wildman–Crippen LogP) is 2.54. The SMILES string of the molecule is CC(=O)N1CCN(C(=O)c2ccnc(Nc3ccccc3C(F)(F)F)n2)CC1. The Kier molecular flexibility index (Phi) is 5.48. The van der Waals surface area contributed by atoms with Crippen LogP contribution in [0.3, 0.4) is 0 Å². The molecule has 1 aliphatic heterocycles. The van der Waals surface area contributed by atoms with Crippen molar-refractivity contribution in [1.29, 1.82) is 0 Å². The van der Waals surface area contributed by atoms with Gasteiger partial charge in [0.15, 0.2) is 0 Å². The number of carbonyl (C=O) groups is 2. The molecule has 3 rings (SSSR count). The van der Waals surface area contributed by atoms with Crippen LogP contribution in [0, 0.1) is 0 Å². The van der Waals surface area contributed by atoms with Crippen molar-refractivity contribution in [3.05, 3.63) is 47.8 Å². The minimum atomic E-state index is -4.53. The van der Waals surface area contributed by atoms with E-state index in [0.29, 0.717) is 26.2 Å². The fourth-order valence-electron chi connectivity index (χ4n) is 2.88. The molecule has 1 fully saturated rings. The van der Waals surface area contributed by atoms with Crippen LogP contribution in [0.1, 0.15) is 23.0 Å². The van der Waals surface area contributed by atoms with Crippen LogP contribution in [0.4, 0.5) is 24.8 Å². The molecule has 7 nitrogen and oxygen atoms in total. The van der Waals surface area contributed by atoms with Gasteiger partial charge in [0.2, 0.25) is 11.9 Å². The first kappa shape index (κ1) is 19.6. The Bertz CT molecular complexity index is 880. The average Bonchev–Trinajstić information content (AvgIpc) is 2.67. The smallest absolute Gasteiger partial charge is 0.339 e. The van der Waals surface area contributed by atoms with Crippen molar-refractivity contribution in [3.63, 3.8) is 0 Å². The van der Waals surface area contributed by atoms with Crippen molar-refractivity contribution in [2.45, 2.75) is 13.1 Å². The highest BCUT2D eigenvalue weighted by atomic mass is 19.4. The number of hydrogen-bond donors (Lipinski definition) is 1. The second kappa shape index (κ2) is 7.83. The zero-order valence-corrected chi connectivity index (χ0v) is 15.0. The molecule has 2 heterocycles. The average molecular weight is 393 g/mol. The Labute approximate surface area is 159 Å². The van der Waals surface area contributed by atoms with E-state index in [-0.39, 0.29) is 29.1 Å². The lowest BCUT2D eigenvalue weighted by Gasteiger charge is -2.34. The minimum Gasteiger partial charge on any atom is -0.339 e. The van der Waals surface area contributed by atoms with Gasteiger partial charge >= 0.3 is 6.18 Å². The van der Waals surface area contributed by atoms with E-state index >= 15 is 0 Å². The molecule has 1 aliphatic rings. The van der Waals surface area contributed by atoms with Gasteiger partial charge in [0.05, 0.1) is 11.3 Å². The van der Waals surface area contributed by atoms with E-state index in [1.54, 1.807) is 9.80 Å². The number of aromatic nitrogens is 2. The fourth-order valence-corrected chi connectivity index (χ4v) is 2.88. The fraction of sp³-hybridized carbons (Fsp3) is 0.333. The van der Waals surface area contributed by atoms with E-state index in [0.717, 1.165) is 6.07 Å². The van der Waals surface area contributed by atoms with Crippen LogP contribution in [-0.4, -0.2) is 57.8 Å². The van der Waals surface area contributed by atoms with Crippen molar-refractivity contribution < 1.29 is 22.8 Å². The van der Waals surface area contributed by atoms with E-state index in [1.165, 1.54) is 37.4 Å². The summed E-state index contributed by atoms with van der Waals surface area (Å²) in [6, 6.07) is 6.37. The van der Waals surface area contributed by atoms with Gasteiger partial charge in [-0.3, -0.25) is 9.59 Å². The monoisotopic (exact) mass is 393 g/mol. The van der Waals surface area contributed by atoms with Gasteiger partial charge in [-0.15, -0.1) is 0 Å². The van der Waals surface area contributed by atoms with Crippen molar-refractivity contribution in [1.82, 2.24) is 19.8 Å². The summed E-state index contributed by atoms with van der Waals surface area (Å²) in [5.74, 6) is -0.522. The molecule has 1 N–H and O–H groups in total. The number of hydrogen-bond acceptors (Lipinski definition) is 5. The van der Waals surface area contributed by atoms with Gasteiger partial charge in [-0.1, -0.05) is 12.1 Å². The highest BCUT2D eigenvalue weighted by molar-refractivity contribution is 5.92. The van der Waals surface area contributed by atoms with Crippen LogP contribution in [0.5, 0.6) is 0 Å². The molecule has 0 aliphatic carbocycles. The minimum absolute atomic E-state index is 0.0519. The molecule has 0 saturated carbocycles. The molecular weight excluding hydrogens is 375 g/mol. The lowest BCUT2D eigenvalue weighted by atomic mass is 10.1. The molecule has 1 aromatic carbocycles. The molecule has 148 valence electrons. The summed E-state index contributed by atoms with van der Waals surface area (Å²) in [6.07, 6.45) is -3.22. The van der Waals surface area contributed by atoms with Gasteiger partial charge < -0.3 is 15.1 Å². The van der Waals surface area contributed by atoms with Crippen LogP contribution >= 0.6 is 0 Å². The molecule has 0 spiro atoms. The Hall–Kier alpha value is -3.17. The molecule has 1 aromatic heterocycles. The summed E-state index contributed by atoms with van der Waals surface area (Å²) in [6.45, 7) is 3.05. The first-order chi connectivity index (χ1) is 13.3. The molecular formula is C18H18F3N5O2. The Balaban J connectivity index is 1.75. The summed E-state index contributed by atoms with van der Waals surface area (Å²) in [4.78, 5) is 35.2. The van der Waals surface area contributed by atoms with Crippen LogP contribution in [-0.2, 0) is 11.0 Å². The molecule has 10 heteroatoms. The lowest BCUT2D eigenvalue weighted by molar-refractivity contribution is -0.137. The molecule has 1 saturated heterocycles. The lowest BCUT2D eigenvalue weighted by Crippen LogP contribution is -2.50. The van der Waals surface area contributed by atoms with Gasteiger partial charge in [0.1, 0.15) is 5.69 Å². The Morgan fingerprint density at radius 3 is 2.32 bits per heavy atom. The van der Waals surface area contributed by atoms with E-state index in [2.05, 4.69) is 15.3 Å². The maximum absolute atomic E-state index is 13.1. The predicted molar refractivity (Wildman–Crippen MR) is 94.9 cm³/mol. The Morgan fingerprint density at radius 2 is 1.68 bits per heavy atom. The number of carbonyl (C=O) groups excluding carboxylic acids is 2. The van der Waals surface area contributed by atoms with Crippen LogP contribution in [0.2, 0.25) is 0 Å². The molecule has 28 heavy (non-hydrogen) atoms. The zero-order valence-electron chi connectivity index (χ0n) is 15.0. The third kappa shape index (κ3) is 4.38. The number of alkyl halides is 3. The first-order valence-corrected chi connectivity index (χ1v) is 8.57. The maximum atomic E-state index is 13.1. The van der Waals surface area contributed by atoms with Gasteiger partial charge in [-0.2, -0.15) is 13.2 Å². The molecule has 0 atom stereocenters. The van der Waals surface area contributed by atoms with Gasteiger partial charge in [-0.25, -0.2) is 9.97 Å². The Morgan fingerprint density at radius 1 is 1.04 bits per heavy atom. The van der Waals surface area contributed by atoms with Gasteiger partial charge in [-0.05, 0) is 18.2 Å². The molecule has 0 bridgehead atoms. The number of rotatable bonds is 3. The largest absolute Gasteiger partial charge is 0.418 e. The number of anilines is 2. The second-order valence-corrected chi connectivity index (χ2v) is 6.23. The molecule has 0 unspecified atom stereocenters. The first-order valence-electron chi connectivity index (χ1n) is 8.57. The van der Waals surface area contributed by atoms with E-state index in [1.807, 2.05) is 0 Å². The zero-order chi connectivity index (χ0) is 20.3. The highest BCUT2D eigenvalue weighted by Gasteiger charge is 2.33.